The molecule has 0 saturated carbocycles. The summed E-state index contributed by atoms with van der Waals surface area (Å²) < 4.78 is 5.53. The summed E-state index contributed by atoms with van der Waals surface area (Å²) in [5, 5.41) is 0. The summed E-state index contributed by atoms with van der Waals surface area (Å²) in [5.41, 5.74) is 0.608. The summed E-state index contributed by atoms with van der Waals surface area (Å²) in [6, 6.07) is 7.49. The van der Waals surface area contributed by atoms with E-state index in [0.29, 0.717) is 18.0 Å². The van der Waals surface area contributed by atoms with Gasteiger partial charge in [-0.3, -0.25) is 4.99 Å². The van der Waals surface area contributed by atoms with Crippen LogP contribution in [0.1, 0.15) is 5.56 Å². The van der Waals surface area contributed by atoms with Crippen molar-refractivity contribution < 1.29 is 4.74 Å². The van der Waals surface area contributed by atoms with E-state index in [1.165, 1.54) is 12.4 Å². The molecule has 0 bridgehead atoms. The molecule has 0 aliphatic carbocycles. The number of nitrogens with zero attached hydrogens (tertiary/aromatic N) is 2. The van der Waals surface area contributed by atoms with Gasteiger partial charge in [-0.15, -0.1) is 0 Å². The third kappa shape index (κ3) is 3.01. The minimum atomic E-state index is -0.401. The summed E-state index contributed by atoms with van der Waals surface area (Å²) in [4.78, 5) is 20.6. The highest BCUT2D eigenvalue weighted by Gasteiger charge is 1.99. The number of hydrogen-bond donors (Lipinski definition) is 1. The van der Waals surface area contributed by atoms with Crippen LogP contribution in [0.15, 0.2) is 46.4 Å². The lowest BCUT2D eigenvalue weighted by atomic mass is 10.2. The predicted molar refractivity (Wildman–Crippen MR) is 64.6 cm³/mol. The van der Waals surface area contributed by atoms with Crippen LogP contribution < -0.4 is 10.4 Å². The van der Waals surface area contributed by atoms with Gasteiger partial charge in [0.05, 0.1) is 18.9 Å². The van der Waals surface area contributed by atoms with E-state index in [4.69, 9.17) is 4.74 Å². The summed E-state index contributed by atoms with van der Waals surface area (Å²) >= 11 is 0. The van der Waals surface area contributed by atoms with Gasteiger partial charge in [0.1, 0.15) is 5.75 Å². The third-order valence-electron chi connectivity index (χ3n) is 2.08. The van der Waals surface area contributed by atoms with Gasteiger partial charge in [0, 0.05) is 0 Å². The molecule has 0 unspecified atom stereocenters. The van der Waals surface area contributed by atoms with Crippen LogP contribution in [0.25, 0.3) is 0 Å². The van der Waals surface area contributed by atoms with Crippen molar-refractivity contribution in [2.24, 2.45) is 4.99 Å². The number of nitrogens with one attached hydrogen (secondary N) is 1. The van der Waals surface area contributed by atoms with E-state index >= 15 is 0 Å². The molecule has 2 rings (SSSR count). The van der Waals surface area contributed by atoms with Crippen molar-refractivity contribution in [3.05, 3.63) is 52.7 Å². The third-order valence-corrected chi connectivity index (χ3v) is 2.08. The van der Waals surface area contributed by atoms with Gasteiger partial charge in [0.25, 0.3) is 0 Å². The number of aromatic nitrogens is 2. The van der Waals surface area contributed by atoms with Crippen molar-refractivity contribution in [2.45, 2.75) is 6.54 Å². The van der Waals surface area contributed by atoms with Crippen LogP contribution in [0.5, 0.6) is 11.5 Å². The van der Waals surface area contributed by atoms with E-state index < -0.39 is 5.69 Å². The molecule has 0 amide bonds. The Morgan fingerprint density at radius 3 is 3.00 bits per heavy atom. The Morgan fingerprint density at radius 1 is 1.41 bits per heavy atom. The minimum Gasteiger partial charge on any atom is -0.454 e. The lowest BCUT2D eigenvalue weighted by Gasteiger charge is -2.05. The van der Waals surface area contributed by atoms with Crippen LogP contribution >= 0.6 is 0 Å². The Balaban J connectivity index is 2.17. The zero-order valence-electron chi connectivity index (χ0n) is 9.09. The standard InChI is InChI=1S/C12H11N3O2/c1-13-6-9-3-2-4-10(5-9)17-11-7-14-12(16)15-8-11/h2-5,7-8H,1,6H2,(H,14,15,16). The van der Waals surface area contributed by atoms with Crippen molar-refractivity contribution in [3.63, 3.8) is 0 Å². The maximum Gasteiger partial charge on any atom is 0.345 e. The molecule has 5 nitrogen and oxygen atoms in total. The Morgan fingerprint density at radius 2 is 2.29 bits per heavy atom. The SMILES string of the molecule is C=NCc1cccc(Oc2cnc(=O)[nH]c2)c1. The first-order chi connectivity index (χ1) is 8.28. The minimum absolute atomic E-state index is 0.401. The first kappa shape index (κ1) is 11.1. The number of aromatic amines is 1. The van der Waals surface area contributed by atoms with E-state index in [0.717, 1.165) is 5.56 Å². The molecule has 0 radical (unpaired) electrons. The van der Waals surface area contributed by atoms with E-state index in [2.05, 4.69) is 21.7 Å². The maximum atomic E-state index is 10.8. The molecule has 1 N–H and O–H groups in total. The van der Waals surface area contributed by atoms with Crippen molar-refractivity contribution in [1.82, 2.24) is 9.97 Å². The average Bonchev–Trinajstić information content (AvgIpc) is 2.33. The molecule has 86 valence electrons. The van der Waals surface area contributed by atoms with Crippen LogP contribution in [0.2, 0.25) is 0 Å². The Kier molecular flexibility index (Phi) is 3.30. The monoisotopic (exact) mass is 229 g/mol. The van der Waals surface area contributed by atoms with Gasteiger partial charge in [0.15, 0.2) is 5.75 Å². The molecule has 1 aromatic carbocycles. The van der Waals surface area contributed by atoms with Crippen molar-refractivity contribution >= 4 is 6.72 Å². The molecular formula is C12H11N3O2. The normalized spacial score (nSPS) is 9.88. The summed E-state index contributed by atoms with van der Waals surface area (Å²) in [6.45, 7) is 3.98. The molecule has 1 heterocycles. The summed E-state index contributed by atoms with van der Waals surface area (Å²) in [6.07, 6.45) is 2.84. The van der Waals surface area contributed by atoms with Crippen LogP contribution in [0.4, 0.5) is 0 Å². The smallest absolute Gasteiger partial charge is 0.345 e. The second kappa shape index (κ2) is 5.07. The second-order valence-electron chi connectivity index (χ2n) is 3.39. The first-order valence-electron chi connectivity index (χ1n) is 5.02. The van der Waals surface area contributed by atoms with Gasteiger partial charge in [-0.05, 0) is 24.4 Å². The van der Waals surface area contributed by atoms with Gasteiger partial charge in [0.2, 0.25) is 0 Å². The molecule has 2 aromatic rings. The number of rotatable bonds is 4. The highest BCUT2D eigenvalue weighted by molar-refractivity contribution is 5.33. The fraction of sp³-hybridized carbons (Fsp3) is 0.0833. The highest BCUT2D eigenvalue weighted by Crippen LogP contribution is 2.20. The van der Waals surface area contributed by atoms with Gasteiger partial charge < -0.3 is 9.72 Å². The fourth-order valence-corrected chi connectivity index (χ4v) is 1.36. The molecule has 5 heteroatoms. The Labute approximate surface area is 97.8 Å². The summed E-state index contributed by atoms with van der Waals surface area (Å²) in [5.74, 6) is 1.15. The predicted octanol–water partition coefficient (Wildman–Crippen LogP) is 1.76. The van der Waals surface area contributed by atoms with Gasteiger partial charge >= 0.3 is 5.69 Å². The van der Waals surface area contributed by atoms with Crippen LogP contribution in [0.3, 0.4) is 0 Å². The molecule has 1 aromatic heterocycles. The zero-order valence-corrected chi connectivity index (χ0v) is 9.09. The highest BCUT2D eigenvalue weighted by atomic mass is 16.5. The largest absolute Gasteiger partial charge is 0.454 e. The van der Waals surface area contributed by atoms with Gasteiger partial charge in [-0.25, -0.2) is 4.79 Å². The van der Waals surface area contributed by atoms with Crippen LogP contribution in [-0.4, -0.2) is 16.7 Å². The molecule has 0 fully saturated rings. The van der Waals surface area contributed by atoms with Gasteiger partial charge in [-0.1, -0.05) is 12.1 Å². The molecule has 17 heavy (non-hydrogen) atoms. The Bertz CT molecular complexity index is 557. The second-order valence-corrected chi connectivity index (χ2v) is 3.39. The zero-order chi connectivity index (χ0) is 12.1. The molecule has 0 aliphatic heterocycles. The number of benzene rings is 1. The van der Waals surface area contributed by atoms with E-state index in [9.17, 15) is 4.79 Å². The summed E-state index contributed by atoms with van der Waals surface area (Å²) in [7, 11) is 0. The number of hydrogen-bond acceptors (Lipinski definition) is 4. The maximum absolute atomic E-state index is 10.8. The lowest BCUT2D eigenvalue weighted by Crippen LogP contribution is -2.07. The molecule has 0 atom stereocenters. The average molecular weight is 229 g/mol. The number of aliphatic imine (C=N–C) groups is 1. The lowest BCUT2D eigenvalue weighted by molar-refractivity contribution is 0.476. The van der Waals surface area contributed by atoms with Crippen molar-refractivity contribution in [3.8, 4) is 11.5 Å². The fourth-order valence-electron chi connectivity index (χ4n) is 1.36. The van der Waals surface area contributed by atoms with Crippen LogP contribution in [-0.2, 0) is 6.54 Å². The molecular weight excluding hydrogens is 218 g/mol. The number of ether oxygens (including phenoxy) is 1. The molecule has 0 aliphatic rings. The topological polar surface area (TPSA) is 67.3 Å². The van der Waals surface area contributed by atoms with E-state index in [1.807, 2.05) is 24.3 Å². The van der Waals surface area contributed by atoms with Crippen molar-refractivity contribution in [2.75, 3.05) is 0 Å². The van der Waals surface area contributed by atoms with E-state index in [-0.39, 0.29) is 0 Å². The van der Waals surface area contributed by atoms with Crippen molar-refractivity contribution in [1.29, 1.82) is 0 Å². The van der Waals surface area contributed by atoms with Crippen LogP contribution in [0, 0.1) is 0 Å². The number of H-pyrrole nitrogens is 1. The first-order valence-corrected chi connectivity index (χ1v) is 5.02. The molecule has 0 saturated heterocycles. The van der Waals surface area contributed by atoms with E-state index in [1.54, 1.807) is 0 Å². The van der Waals surface area contributed by atoms with Gasteiger partial charge in [-0.2, -0.15) is 4.98 Å². The quantitative estimate of drug-likeness (QED) is 0.812. The Hall–Kier alpha value is -2.43. The molecule has 0 spiro atoms.